The lowest BCUT2D eigenvalue weighted by Crippen LogP contribution is -2.35. The Morgan fingerprint density at radius 2 is 2.16 bits per heavy atom. The molecule has 3 nitrogen and oxygen atoms in total. The molecule has 1 N–H and O–H groups in total. The Labute approximate surface area is 115 Å². The van der Waals surface area contributed by atoms with Gasteiger partial charge in [0.2, 0.25) is 5.91 Å². The highest BCUT2D eigenvalue weighted by molar-refractivity contribution is 5.79. The molecule has 1 aromatic carbocycles. The molecule has 1 aromatic rings. The van der Waals surface area contributed by atoms with Crippen molar-refractivity contribution >= 4 is 5.91 Å². The highest BCUT2D eigenvalue weighted by atomic mass is 16.3. The Kier molecular flexibility index (Phi) is 4.46. The summed E-state index contributed by atoms with van der Waals surface area (Å²) in [6.07, 6.45) is 3.74. The zero-order valence-corrected chi connectivity index (χ0v) is 11.8. The highest BCUT2D eigenvalue weighted by Crippen LogP contribution is 2.28. The van der Waals surface area contributed by atoms with E-state index < -0.39 is 0 Å². The summed E-state index contributed by atoms with van der Waals surface area (Å²) in [5.74, 6) is 1.04. The summed E-state index contributed by atoms with van der Waals surface area (Å²) in [5.41, 5.74) is 0.889. The van der Waals surface area contributed by atoms with E-state index in [1.165, 1.54) is 0 Å². The van der Waals surface area contributed by atoms with Crippen LogP contribution in [0, 0.1) is 5.92 Å². The average Bonchev–Trinajstić information content (AvgIpc) is 3.13. The lowest BCUT2D eigenvalue weighted by molar-refractivity contribution is -0.131. The van der Waals surface area contributed by atoms with Gasteiger partial charge in [-0.15, -0.1) is 0 Å². The van der Waals surface area contributed by atoms with Gasteiger partial charge in [-0.25, -0.2) is 0 Å². The summed E-state index contributed by atoms with van der Waals surface area (Å²) >= 11 is 0. The zero-order valence-electron chi connectivity index (χ0n) is 11.8. The van der Waals surface area contributed by atoms with Crippen molar-refractivity contribution in [2.45, 2.75) is 45.6 Å². The van der Waals surface area contributed by atoms with Gasteiger partial charge in [-0.1, -0.05) is 26.0 Å². The molecule has 104 valence electrons. The predicted molar refractivity (Wildman–Crippen MR) is 76.0 cm³/mol. The molecule has 0 saturated heterocycles. The maximum absolute atomic E-state index is 12.4. The van der Waals surface area contributed by atoms with Gasteiger partial charge < -0.3 is 10.0 Å². The number of aromatic hydroxyl groups is 1. The number of carbonyl (C=O) groups excluding carboxylic acids is 1. The van der Waals surface area contributed by atoms with E-state index in [2.05, 4.69) is 13.8 Å². The number of carbonyl (C=O) groups is 1. The quantitative estimate of drug-likeness (QED) is 0.855. The molecule has 1 aliphatic rings. The number of phenolic OH excluding ortho intramolecular Hbond substituents is 1. The molecule has 0 aliphatic heterocycles. The van der Waals surface area contributed by atoms with Crippen LogP contribution in [-0.4, -0.2) is 28.5 Å². The molecular weight excluding hydrogens is 238 g/mol. The molecule has 1 saturated carbocycles. The van der Waals surface area contributed by atoms with Crippen molar-refractivity contribution in [3.05, 3.63) is 29.8 Å². The number of hydrogen-bond acceptors (Lipinski definition) is 2. The molecular formula is C16H23NO2. The molecule has 0 radical (unpaired) electrons. The minimum Gasteiger partial charge on any atom is -0.508 e. The number of amides is 1. The third-order valence-corrected chi connectivity index (χ3v) is 3.52. The van der Waals surface area contributed by atoms with Gasteiger partial charge in [0.15, 0.2) is 0 Å². The molecule has 3 heteroatoms. The SMILES string of the molecule is CC(C)CCN(C(=O)Cc1cccc(O)c1)C1CC1. The number of benzene rings is 1. The molecule has 0 heterocycles. The average molecular weight is 261 g/mol. The van der Waals surface area contributed by atoms with Crippen LogP contribution in [0.4, 0.5) is 0 Å². The first-order chi connectivity index (χ1) is 9.06. The molecule has 0 unspecified atom stereocenters. The first kappa shape index (κ1) is 13.9. The van der Waals surface area contributed by atoms with E-state index in [-0.39, 0.29) is 11.7 Å². The van der Waals surface area contributed by atoms with E-state index in [9.17, 15) is 9.90 Å². The van der Waals surface area contributed by atoms with Crippen molar-refractivity contribution in [2.24, 2.45) is 5.92 Å². The number of rotatable bonds is 6. The van der Waals surface area contributed by atoms with Gasteiger partial charge in [0.1, 0.15) is 5.75 Å². The largest absolute Gasteiger partial charge is 0.508 e. The van der Waals surface area contributed by atoms with Crippen molar-refractivity contribution in [2.75, 3.05) is 6.54 Å². The third-order valence-electron chi connectivity index (χ3n) is 3.52. The maximum Gasteiger partial charge on any atom is 0.227 e. The fourth-order valence-electron chi connectivity index (χ4n) is 2.24. The Balaban J connectivity index is 1.95. The van der Waals surface area contributed by atoms with Crippen LogP contribution in [0.3, 0.4) is 0 Å². The summed E-state index contributed by atoms with van der Waals surface area (Å²) < 4.78 is 0. The van der Waals surface area contributed by atoms with E-state index in [0.29, 0.717) is 18.4 Å². The summed E-state index contributed by atoms with van der Waals surface area (Å²) in [7, 11) is 0. The molecule has 0 atom stereocenters. The van der Waals surface area contributed by atoms with E-state index in [1.807, 2.05) is 11.0 Å². The molecule has 0 aromatic heterocycles. The van der Waals surface area contributed by atoms with Crippen LogP contribution < -0.4 is 0 Å². The Morgan fingerprint density at radius 3 is 2.74 bits per heavy atom. The second kappa shape index (κ2) is 6.09. The van der Waals surface area contributed by atoms with E-state index in [0.717, 1.165) is 31.4 Å². The second-order valence-corrected chi connectivity index (χ2v) is 5.85. The normalized spacial score (nSPS) is 14.7. The fourth-order valence-corrected chi connectivity index (χ4v) is 2.24. The predicted octanol–water partition coefficient (Wildman–Crippen LogP) is 2.97. The van der Waals surface area contributed by atoms with Crippen molar-refractivity contribution in [3.8, 4) is 5.75 Å². The minimum absolute atomic E-state index is 0.189. The van der Waals surface area contributed by atoms with Crippen LogP contribution >= 0.6 is 0 Å². The number of hydrogen-bond donors (Lipinski definition) is 1. The van der Waals surface area contributed by atoms with Gasteiger partial charge in [0.25, 0.3) is 0 Å². The summed E-state index contributed by atoms with van der Waals surface area (Å²) in [4.78, 5) is 14.4. The summed E-state index contributed by atoms with van der Waals surface area (Å²) in [6, 6.07) is 7.44. The van der Waals surface area contributed by atoms with Crippen molar-refractivity contribution < 1.29 is 9.90 Å². The monoisotopic (exact) mass is 261 g/mol. The van der Waals surface area contributed by atoms with Gasteiger partial charge in [-0.05, 0) is 42.9 Å². The highest BCUT2D eigenvalue weighted by Gasteiger charge is 2.32. The van der Waals surface area contributed by atoms with E-state index in [4.69, 9.17) is 0 Å². The maximum atomic E-state index is 12.4. The molecule has 2 rings (SSSR count). The molecule has 1 aliphatic carbocycles. The number of phenols is 1. The van der Waals surface area contributed by atoms with Gasteiger partial charge in [-0.3, -0.25) is 4.79 Å². The van der Waals surface area contributed by atoms with E-state index in [1.54, 1.807) is 18.2 Å². The smallest absolute Gasteiger partial charge is 0.227 e. The fraction of sp³-hybridized carbons (Fsp3) is 0.562. The minimum atomic E-state index is 0.189. The van der Waals surface area contributed by atoms with Crippen LogP contribution in [-0.2, 0) is 11.2 Å². The van der Waals surface area contributed by atoms with Gasteiger partial charge in [-0.2, -0.15) is 0 Å². The van der Waals surface area contributed by atoms with Crippen LogP contribution in [0.2, 0.25) is 0 Å². The lowest BCUT2D eigenvalue weighted by Gasteiger charge is -2.23. The van der Waals surface area contributed by atoms with Gasteiger partial charge >= 0.3 is 0 Å². The Bertz CT molecular complexity index is 438. The number of nitrogens with zero attached hydrogens (tertiary/aromatic N) is 1. The first-order valence-electron chi connectivity index (χ1n) is 7.13. The zero-order chi connectivity index (χ0) is 13.8. The Hall–Kier alpha value is -1.51. The molecule has 19 heavy (non-hydrogen) atoms. The molecule has 1 amide bonds. The van der Waals surface area contributed by atoms with Crippen molar-refractivity contribution in [3.63, 3.8) is 0 Å². The van der Waals surface area contributed by atoms with Crippen molar-refractivity contribution in [1.82, 2.24) is 4.90 Å². The second-order valence-electron chi connectivity index (χ2n) is 5.85. The third kappa shape index (κ3) is 4.27. The standard InChI is InChI=1S/C16H23NO2/c1-12(2)8-9-17(14-6-7-14)16(19)11-13-4-3-5-15(18)10-13/h3-5,10,12,14,18H,6-9,11H2,1-2H3. The van der Waals surface area contributed by atoms with Crippen LogP contribution in [0.15, 0.2) is 24.3 Å². The first-order valence-corrected chi connectivity index (χ1v) is 7.13. The topological polar surface area (TPSA) is 40.5 Å². The van der Waals surface area contributed by atoms with Gasteiger partial charge in [0, 0.05) is 12.6 Å². The van der Waals surface area contributed by atoms with Crippen LogP contribution in [0.25, 0.3) is 0 Å². The van der Waals surface area contributed by atoms with Crippen LogP contribution in [0.5, 0.6) is 5.75 Å². The van der Waals surface area contributed by atoms with Crippen LogP contribution in [0.1, 0.15) is 38.7 Å². The molecule has 0 spiro atoms. The summed E-state index contributed by atoms with van der Waals surface area (Å²) in [6.45, 7) is 5.23. The Morgan fingerprint density at radius 1 is 1.42 bits per heavy atom. The lowest BCUT2D eigenvalue weighted by atomic mass is 10.1. The summed E-state index contributed by atoms with van der Waals surface area (Å²) in [5, 5.41) is 9.44. The van der Waals surface area contributed by atoms with Crippen molar-refractivity contribution in [1.29, 1.82) is 0 Å². The van der Waals surface area contributed by atoms with Gasteiger partial charge in [0.05, 0.1) is 6.42 Å². The molecule has 1 fully saturated rings. The van der Waals surface area contributed by atoms with E-state index >= 15 is 0 Å². The molecule has 0 bridgehead atoms.